The van der Waals surface area contributed by atoms with Gasteiger partial charge >= 0.3 is 0 Å². The van der Waals surface area contributed by atoms with Gasteiger partial charge in [-0.3, -0.25) is 4.72 Å². The van der Waals surface area contributed by atoms with Crippen LogP contribution in [0.4, 0.5) is 11.4 Å². The van der Waals surface area contributed by atoms with Gasteiger partial charge in [-0.05, 0) is 55.2 Å². The van der Waals surface area contributed by atoms with Crippen molar-refractivity contribution in [2.75, 3.05) is 10.5 Å². The zero-order valence-electron chi connectivity index (χ0n) is 16.5. The fourth-order valence-corrected chi connectivity index (χ4v) is 5.02. The van der Waals surface area contributed by atoms with E-state index in [0.717, 1.165) is 11.5 Å². The van der Waals surface area contributed by atoms with Gasteiger partial charge in [0, 0.05) is 18.3 Å². The number of anilines is 2. The molecule has 6 heteroatoms. The molecule has 0 aromatic heterocycles. The van der Waals surface area contributed by atoms with Crippen molar-refractivity contribution in [3.8, 4) is 0 Å². The van der Waals surface area contributed by atoms with E-state index in [9.17, 15) is 8.42 Å². The maximum absolute atomic E-state index is 12.7. The molecule has 0 unspecified atom stereocenters. The average molecular weight is 402 g/mol. The second kappa shape index (κ2) is 9.43. The van der Waals surface area contributed by atoms with Crippen molar-refractivity contribution in [2.45, 2.75) is 62.9 Å². The van der Waals surface area contributed by atoms with Gasteiger partial charge in [0.2, 0.25) is 0 Å². The predicted octanol–water partition coefficient (Wildman–Crippen LogP) is 4.52. The highest BCUT2D eigenvalue weighted by molar-refractivity contribution is 7.92. The lowest BCUT2D eigenvalue weighted by Gasteiger charge is -2.25. The summed E-state index contributed by atoms with van der Waals surface area (Å²) in [6.45, 7) is 2.85. The molecule has 1 saturated carbocycles. The number of sulfonamides is 1. The summed E-state index contributed by atoms with van der Waals surface area (Å²) < 4.78 is 28.1. The Balaban J connectivity index is 1.63. The van der Waals surface area contributed by atoms with E-state index in [1.54, 1.807) is 18.2 Å². The summed E-state index contributed by atoms with van der Waals surface area (Å²) in [5.41, 5.74) is 7.75. The number of nitrogens with two attached hydrogens (primary N) is 1. The molecule has 3 rings (SSSR count). The molecular formula is C22H31N3O2S. The van der Waals surface area contributed by atoms with Crippen molar-refractivity contribution in [2.24, 2.45) is 5.92 Å². The summed E-state index contributed by atoms with van der Waals surface area (Å²) in [7, 11) is -3.65. The average Bonchev–Trinajstić information content (AvgIpc) is 2.68. The first-order chi connectivity index (χ1) is 13.4. The van der Waals surface area contributed by atoms with Crippen LogP contribution in [-0.2, 0) is 16.6 Å². The Labute approximate surface area is 168 Å². The topological polar surface area (TPSA) is 84.2 Å². The molecule has 0 spiro atoms. The molecular weight excluding hydrogens is 370 g/mol. The smallest absolute Gasteiger partial charge is 0.261 e. The Morgan fingerprint density at radius 3 is 2.43 bits per heavy atom. The van der Waals surface area contributed by atoms with Crippen LogP contribution in [0.25, 0.3) is 0 Å². The Kier molecular flexibility index (Phi) is 6.97. The maximum atomic E-state index is 12.7. The molecule has 0 radical (unpaired) electrons. The van der Waals surface area contributed by atoms with Gasteiger partial charge in [0.1, 0.15) is 0 Å². The Morgan fingerprint density at radius 1 is 1.04 bits per heavy atom. The first-order valence-corrected chi connectivity index (χ1v) is 11.6. The molecule has 0 saturated heterocycles. The number of para-hydroxylation sites is 1. The third-order valence-corrected chi connectivity index (χ3v) is 6.89. The number of nitrogens with one attached hydrogen (secondary N) is 2. The van der Waals surface area contributed by atoms with Crippen molar-refractivity contribution in [3.05, 3.63) is 54.1 Å². The number of benzene rings is 2. The van der Waals surface area contributed by atoms with Gasteiger partial charge in [-0.25, -0.2) is 8.42 Å². The summed E-state index contributed by atoms with van der Waals surface area (Å²) in [5, 5.41) is 3.57. The van der Waals surface area contributed by atoms with Crippen LogP contribution in [0.3, 0.4) is 0 Å². The Bertz CT molecular complexity index is 860. The van der Waals surface area contributed by atoms with E-state index in [4.69, 9.17) is 5.73 Å². The third-order valence-electron chi connectivity index (χ3n) is 5.50. The normalized spacial score (nSPS) is 16.6. The monoisotopic (exact) mass is 401 g/mol. The van der Waals surface area contributed by atoms with Gasteiger partial charge in [-0.1, -0.05) is 50.3 Å². The molecule has 0 bridgehead atoms. The predicted molar refractivity (Wildman–Crippen MR) is 116 cm³/mol. The molecule has 1 fully saturated rings. The summed E-state index contributed by atoms with van der Waals surface area (Å²) in [5.74, 6) is 0.815. The van der Waals surface area contributed by atoms with E-state index in [1.807, 2.05) is 18.2 Å². The maximum Gasteiger partial charge on any atom is 0.261 e. The molecule has 0 heterocycles. The highest BCUT2D eigenvalue weighted by atomic mass is 32.2. The van der Waals surface area contributed by atoms with Crippen LogP contribution in [0.1, 0.15) is 51.0 Å². The van der Waals surface area contributed by atoms with Gasteiger partial charge in [-0.15, -0.1) is 0 Å². The molecule has 152 valence electrons. The second-order valence-electron chi connectivity index (χ2n) is 7.85. The molecule has 4 N–H and O–H groups in total. The van der Waals surface area contributed by atoms with Crippen molar-refractivity contribution >= 4 is 21.4 Å². The van der Waals surface area contributed by atoms with Crippen molar-refractivity contribution < 1.29 is 8.42 Å². The first kappa shape index (κ1) is 20.7. The van der Waals surface area contributed by atoms with Gasteiger partial charge in [0.25, 0.3) is 10.0 Å². The van der Waals surface area contributed by atoms with Crippen LogP contribution in [0, 0.1) is 5.92 Å². The van der Waals surface area contributed by atoms with Gasteiger partial charge < -0.3 is 11.1 Å². The lowest BCUT2D eigenvalue weighted by atomic mass is 9.85. The second-order valence-corrected chi connectivity index (χ2v) is 9.54. The fourth-order valence-electron chi connectivity index (χ4n) is 3.92. The van der Waals surface area contributed by atoms with E-state index in [2.05, 4.69) is 17.0 Å². The number of hydrogen-bond donors (Lipinski definition) is 3. The lowest BCUT2D eigenvalue weighted by Crippen LogP contribution is -2.29. The number of nitrogen functional groups attached to an aromatic ring is 1. The molecule has 0 aliphatic heterocycles. The minimum Gasteiger partial charge on any atom is -0.399 e. The van der Waals surface area contributed by atoms with Crippen molar-refractivity contribution in [1.82, 2.24) is 5.32 Å². The Hall–Kier alpha value is -2.05. The molecule has 2 aromatic carbocycles. The van der Waals surface area contributed by atoms with Crippen molar-refractivity contribution in [1.29, 1.82) is 0 Å². The fraction of sp³-hybridized carbons (Fsp3) is 0.455. The number of hydrogen-bond acceptors (Lipinski definition) is 4. The molecule has 1 atom stereocenters. The summed E-state index contributed by atoms with van der Waals surface area (Å²) in [6.07, 6.45) is 7.94. The van der Waals surface area contributed by atoms with Crippen LogP contribution < -0.4 is 15.8 Å². The van der Waals surface area contributed by atoms with Crippen LogP contribution in [0.5, 0.6) is 0 Å². The van der Waals surface area contributed by atoms with Crippen LogP contribution >= 0.6 is 0 Å². The first-order valence-electron chi connectivity index (χ1n) is 10.1. The van der Waals surface area contributed by atoms with Gasteiger partial charge in [-0.2, -0.15) is 0 Å². The molecule has 1 aliphatic rings. The minimum absolute atomic E-state index is 0.204. The summed E-state index contributed by atoms with van der Waals surface area (Å²) in [6, 6.07) is 14.2. The quantitative estimate of drug-likeness (QED) is 0.568. The van der Waals surface area contributed by atoms with E-state index in [1.165, 1.54) is 50.7 Å². The molecule has 1 aliphatic carbocycles. The van der Waals surface area contributed by atoms with Gasteiger partial charge in [0.05, 0.1) is 10.6 Å². The zero-order chi connectivity index (χ0) is 20.0. The SMILES string of the molecule is C[C@@H](CC1CCCCC1)NCc1ccccc1NS(=O)(=O)c1ccc(N)cc1. The largest absolute Gasteiger partial charge is 0.399 e. The van der Waals surface area contributed by atoms with E-state index in [-0.39, 0.29) is 4.90 Å². The number of rotatable bonds is 8. The highest BCUT2D eigenvalue weighted by Gasteiger charge is 2.18. The molecule has 2 aromatic rings. The third kappa shape index (κ3) is 5.72. The van der Waals surface area contributed by atoms with Crippen LogP contribution in [0.2, 0.25) is 0 Å². The van der Waals surface area contributed by atoms with Gasteiger partial charge in [0.15, 0.2) is 0 Å². The van der Waals surface area contributed by atoms with Crippen molar-refractivity contribution in [3.63, 3.8) is 0 Å². The summed E-state index contributed by atoms with van der Waals surface area (Å²) in [4.78, 5) is 0.204. The molecule has 0 amide bonds. The van der Waals surface area contributed by atoms with E-state index < -0.39 is 10.0 Å². The van der Waals surface area contributed by atoms with Crippen LogP contribution in [-0.4, -0.2) is 14.5 Å². The molecule has 28 heavy (non-hydrogen) atoms. The van der Waals surface area contributed by atoms with E-state index in [0.29, 0.717) is 24.0 Å². The zero-order valence-corrected chi connectivity index (χ0v) is 17.3. The lowest BCUT2D eigenvalue weighted by molar-refractivity contribution is 0.305. The highest BCUT2D eigenvalue weighted by Crippen LogP contribution is 2.27. The summed E-state index contributed by atoms with van der Waals surface area (Å²) >= 11 is 0. The standard InChI is InChI=1S/C22H31N3O2S/c1-17(15-18-7-3-2-4-8-18)24-16-19-9-5-6-10-22(19)25-28(26,27)21-13-11-20(23)12-14-21/h5-6,9-14,17-18,24-25H,2-4,7-8,15-16,23H2,1H3/t17-/m0/s1. The minimum atomic E-state index is -3.65. The molecule has 5 nitrogen and oxygen atoms in total. The van der Waals surface area contributed by atoms with Crippen LogP contribution in [0.15, 0.2) is 53.4 Å². The van der Waals surface area contributed by atoms with E-state index >= 15 is 0 Å². The Morgan fingerprint density at radius 2 is 1.71 bits per heavy atom.